The molecule has 0 aromatic heterocycles. The number of amides is 3. The number of rotatable bonds is 5. The smallest absolute Gasteiger partial charge is 0.346 e. The fourth-order valence-electron chi connectivity index (χ4n) is 2.69. The molecule has 1 fully saturated rings. The molecule has 6 nitrogen and oxygen atoms in total. The lowest BCUT2D eigenvalue weighted by Crippen LogP contribution is -2.40. The van der Waals surface area contributed by atoms with Crippen molar-refractivity contribution < 1.29 is 14.3 Å². The predicted molar refractivity (Wildman–Crippen MR) is 94.4 cm³/mol. The quantitative estimate of drug-likeness (QED) is 0.674. The molecule has 6 heteroatoms. The van der Waals surface area contributed by atoms with Gasteiger partial charge in [0, 0.05) is 5.56 Å². The first-order valence-corrected chi connectivity index (χ1v) is 8.04. The molecule has 2 aromatic carbocycles. The first-order chi connectivity index (χ1) is 12.1. The molecule has 0 aliphatic carbocycles. The second kappa shape index (κ2) is 6.76. The number of hydrogen-bond donors (Lipinski definition) is 1. The number of nitrogens with one attached hydrogen (secondary N) is 1. The summed E-state index contributed by atoms with van der Waals surface area (Å²) in [4.78, 5) is 25.0. The van der Waals surface area contributed by atoms with Crippen LogP contribution in [0.2, 0.25) is 0 Å². The monoisotopic (exact) mass is 337 g/mol. The summed E-state index contributed by atoms with van der Waals surface area (Å²) in [6, 6.07) is 15.9. The maximum atomic E-state index is 12.8. The van der Waals surface area contributed by atoms with Gasteiger partial charge in [-0.1, -0.05) is 42.5 Å². The third-order valence-corrected chi connectivity index (χ3v) is 4.05. The van der Waals surface area contributed by atoms with Crippen molar-refractivity contribution in [1.82, 2.24) is 10.3 Å². The molecular formula is C19H19N3O3. The second-order valence-electron chi connectivity index (χ2n) is 5.75. The van der Waals surface area contributed by atoms with Gasteiger partial charge in [0.2, 0.25) is 0 Å². The Morgan fingerprint density at radius 2 is 1.80 bits per heavy atom. The van der Waals surface area contributed by atoms with Crippen molar-refractivity contribution in [2.24, 2.45) is 5.10 Å². The number of imide groups is 1. The van der Waals surface area contributed by atoms with Crippen LogP contribution in [0, 0.1) is 0 Å². The van der Waals surface area contributed by atoms with Gasteiger partial charge in [-0.15, -0.1) is 5.01 Å². The van der Waals surface area contributed by atoms with E-state index in [1.165, 1.54) is 6.21 Å². The van der Waals surface area contributed by atoms with Crippen LogP contribution in [0.3, 0.4) is 0 Å². The number of hydrogen-bond acceptors (Lipinski definition) is 4. The van der Waals surface area contributed by atoms with E-state index >= 15 is 0 Å². The Kier molecular flexibility index (Phi) is 4.52. The molecule has 25 heavy (non-hydrogen) atoms. The highest BCUT2D eigenvalue weighted by Crippen LogP contribution is 2.28. The molecule has 1 heterocycles. The fourth-order valence-corrected chi connectivity index (χ4v) is 2.69. The third kappa shape index (κ3) is 3.10. The summed E-state index contributed by atoms with van der Waals surface area (Å²) in [6.45, 7) is 4.07. The van der Waals surface area contributed by atoms with E-state index in [2.05, 4.69) is 10.4 Å². The molecule has 1 N–H and O–H groups in total. The van der Waals surface area contributed by atoms with Crippen molar-refractivity contribution in [3.63, 3.8) is 0 Å². The summed E-state index contributed by atoms with van der Waals surface area (Å²) in [5.41, 5.74) is 0.272. The topological polar surface area (TPSA) is 71.0 Å². The number of benzene rings is 2. The molecule has 3 amide bonds. The summed E-state index contributed by atoms with van der Waals surface area (Å²) in [5.74, 6) is 0.223. The van der Waals surface area contributed by atoms with Gasteiger partial charge in [0.25, 0.3) is 5.91 Å². The molecule has 0 bridgehead atoms. The largest absolute Gasteiger partial charge is 0.493 e. The number of nitrogens with zero attached hydrogens (tertiary/aromatic N) is 2. The molecule has 0 spiro atoms. The van der Waals surface area contributed by atoms with Gasteiger partial charge >= 0.3 is 6.03 Å². The molecule has 3 rings (SSSR count). The van der Waals surface area contributed by atoms with E-state index in [4.69, 9.17) is 4.74 Å². The van der Waals surface area contributed by atoms with Crippen molar-refractivity contribution in [3.8, 4) is 5.75 Å². The molecule has 1 saturated heterocycles. The first kappa shape index (κ1) is 16.7. The molecule has 0 radical (unpaired) electrons. The highest BCUT2D eigenvalue weighted by Gasteiger charge is 2.49. The molecule has 2 aromatic rings. The summed E-state index contributed by atoms with van der Waals surface area (Å²) in [7, 11) is 0. The maximum Gasteiger partial charge on any atom is 0.346 e. The van der Waals surface area contributed by atoms with Crippen molar-refractivity contribution in [2.75, 3.05) is 6.61 Å². The second-order valence-corrected chi connectivity index (χ2v) is 5.75. The summed E-state index contributed by atoms with van der Waals surface area (Å²) < 4.78 is 5.52. The molecule has 1 aliphatic rings. The van der Waals surface area contributed by atoms with Crippen molar-refractivity contribution in [1.29, 1.82) is 0 Å². The van der Waals surface area contributed by atoms with Gasteiger partial charge < -0.3 is 10.1 Å². The zero-order chi connectivity index (χ0) is 17.9. The number of hydrazone groups is 1. The van der Waals surface area contributed by atoms with Gasteiger partial charge in [0.1, 0.15) is 11.3 Å². The van der Waals surface area contributed by atoms with E-state index in [1.54, 1.807) is 19.1 Å². The van der Waals surface area contributed by atoms with Crippen LogP contribution in [0.4, 0.5) is 4.79 Å². The number of para-hydroxylation sites is 1. The van der Waals surface area contributed by atoms with Gasteiger partial charge in [-0.05, 0) is 31.5 Å². The number of carbonyl (C=O) groups excluding carboxylic acids is 2. The molecule has 0 unspecified atom stereocenters. The Morgan fingerprint density at radius 1 is 1.12 bits per heavy atom. The number of ether oxygens (including phenoxy) is 1. The minimum Gasteiger partial charge on any atom is -0.493 e. The molecular weight excluding hydrogens is 318 g/mol. The van der Waals surface area contributed by atoms with Gasteiger partial charge in [-0.2, -0.15) is 5.10 Å². The first-order valence-electron chi connectivity index (χ1n) is 8.04. The number of urea groups is 1. The van der Waals surface area contributed by atoms with Crippen LogP contribution in [-0.2, 0) is 10.3 Å². The lowest BCUT2D eigenvalue weighted by molar-refractivity contribution is -0.131. The van der Waals surface area contributed by atoms with Crippen molar-refractivity contribution in [2.45, 2.75) is 19.4 Å². The maximum absolute atomic E-state index is 12.8. The average Bonchev–Trinajstić information content (AvgIpc) is 2.85. The van der Waals surface area contributed by atoms with E-state index in [0.717, 1.165) is 5.01 Å². The van der Waals surface area contributed by atoms with Crippen LogP contribution in [0.5, 0.6) is 5.75 Å². The van der Waals surface area contributed by atoms with E-state index in [-0.39, 0.29) is 0 Å². The van der Waals surface area contributed by atoms with Crippen LogP contribution in [-0.4, -0.2) is 29.8 Å². The minimum atomic E-state index is -1.13. The Morgan fingerprint density at radius 3 is 2.52 bits per heavy atom. The zero-order valence-electron chi connectivity index (χ0n) is 14.1. The number of carbonyl (C=O) groups is 2. The van der Waals surface area contributed by atoms with Crippen LogP contribution in [0.25, 0.3) is 0 Å². The van der Waals surface area contributed by atoms with Crippen LogP contribution >= 0.6 is 0 Å². The van der Waals surface area contributed by atoms with Gasteiger partial charge in [0.15, 0.2) is 0 Å². The molecule has 1 atom stereocenters. The Bertz CT molecular complexity index is 820. The van der Waals surface area contributed by atoms with E-state index in [0.29, 0.717) is 23.5 Å². The Balaban J connectivity index is 1.87. The predicted octanol–water partition coefficient (Wildman–Crippen LogP) is 2.89. The Labute approximate surface area is 146 Å². The van der Waals surface area contributed by atoms with Crippen molar-refractivity contribution in [3.05, 3.63) is 65.7 Å². The van der Waals surface area contributed by atoms with E-state index < -0.39 is 17.5 Å². The van der Waals surface area contributed by atoms with Crippen LogP contribution < -0.4 is 10.1 Å². The van der Waals surface area contributed by atoms with Gasteiger partial charge in [0.05, 0.1) is 12.8 Å². The highest BCUT2D eigenvalue weighted by molar-refractivity contribution is 6.07. The normalized spacial score (nSPS) is 20.2. The van der Waals surface area contributed by atoms with Crippen LogP contribution in [0.1, 0.15) is 25.0 Å². The van der Waals surface area contributed by atoms with Crippen LogP contribution in [0.15, 0.2) is 59.7 Å². The van der Waals surface area contributed by atoms with Crippen molar-refractivity contribution >= 4 is 18.2 Å². The zero-order valence-corrected chi connectivity index (χ0v) is 14.1. The molecule has 1 aliphatic heterocycles. The third-order valence-electron chi connectivity index (χ3n) is 4.05. The highest BCUT2D eigenvalue weighted by atomic mass is 16.5. The standard InChI is InChI=1S/C19H19N3O3/c1-3-25-16-12-8-7-9-14(16)13-20-22-17(23)19(2,21-18(22)24)15-10-5-4-6-11-15/h4-13H,3H2,1-2H3,(H,21,24)/b20-13-/t19-/m0/s1. The van der Waals surface area contributed by atoms with Gasteiger partial charge in [-0.3, -0.25) is 4.79 Å². The van der Waals surface area contributed by atoms with E-state index in [9.17, 15) is 9.59 Å². The fraction of sp³-hybridized carbons (Fsp3) is 0.211. The lowest BCUT2D eigenvalue weighted by Gasteiger charge is -2.20. The summed E-state index contributed by atoms with van der Waals surface area (Å²) in [5, 5.41) is 7.66. The van der Waals surface area contributed by atoms with Gasteiger partial charge in [-0.25, -0.2) is 4.79 Å². The average molecular weight is 337 g/mol. The molecule has 0 saturated carbocycles. The summed E-state index contributed by atoms with van der Waals surface area (Å²) >= 11 is 0. The lowest BCUT2D eigenvalue weighted by atomic mass is 9.92. The Hall–Kier alpha value is -3.15. The summed E-state index contributed by atoms with van der Waals surface area (Å²) in [6.07, 6.45) is 1.46. The van der Waals surface area contributed by atoms with E-state index in [1.807, 2.05) is 49.4 Å². The SMILES string of the molecule is CCOc1ccccc1/C=N\N1C(=O)N[C@@](C)(c2ccccc2)C1=O. The minimum absolute atomic E-state index is 0.422. The molecule has 128 valence electrons.